The van der Waals surface area contributed by atoms with Crippen molar-refractivity contribution in [2.45, 2.75) is 77.6 Å². The molecule has 2 N–H and O–H groups in total. The largest absolute Gasteiger partial charge is 1.00 e. The number of Topliss-reactive ketones (excluding diaryl/α,β-unsaturated/α-hetero) is 1. The number of rotatable bonds is 4. The summed E-state index contributed by atoms with van der Waals surface area (Å²) in [6.45, 7) is 4.98. The zero-order valence-corrected chi connectivity index (χ0v) is 27.9. The molecule has 0 aliphatic carbocycles. The second kappa shape index (κ2) is 25.0. The van der Waals surface area contributed by atoms with Crippen LogP contribution < -0.4 is 29.6 Å². The second-order valence-corrected chi connectivity index (χ2v) is 10.1. The number of likely N-dealkylation sites (tertiary alicyclic amines) is 2. The Bertz CT molecular complexity index is 1020. The van der Waals surface area contributed by atoms with E-state index in [1.54, 1.807) is 16.7 Å². The normalized spacial score (nSPS) is 16.8. The van der Waals surface area contributed by atoms with Gasteiger partial charge in [0.15, 0.2) is 0 Å². The minimum absolute atomic E-state index is 0. The summed E-state index contributed by atoms with van der Waals surface area (Å²) in [5.41, 5.74) is 1.96. The molecule has 231 valence electrons. The molecular formula is C32H47BN2NaO7. The number of ketones is 1. The fourth-order valence-corrected chi connectivity index (χ4v) is 4.35. The number of hydrogen-bond acceptors (Lipinski definition) is 7. The second-order valence-electron chi connectivity index (χ2n) is 10.1. The molecule has 11 heteroatoms. The molecule has 2 amide bonds. The number of carbonyl (C=O) groups excluding carboxylic acids is 3. The molecule has 43 heavy (non-hydrogen) atoms. The van der Waals surface area contributed by atoms with E-state index in [9.17, 15) is 19.5 Å². The molecule has 2 aromatic carbocycles. The van der Waals surface area contributed by atoms with Gasteiger partial charge in [-0.25, -0.2) is 9.59 Å². The van der Waals surface area contributed by atoms with Crippen molar-refractivity contribution in [1.82, 2.24) is 9.80 Å². The maximum Gasteiger partial charge on any atom is 1.00 e. The van der Waals surface area contributed by atoms with E-state index in [0.717, 1.165) is 49.8 Å². The van der Waals surface area contributed by atoms with Crippen molar-refractivity contribution >= 4 is 26.4 Å². The number of nitrogens with zero attached hydrogens (tertiary/aromatic N) is 2. The molecule has 0 bridgehead atoms. The molecule has 2 aliphatic heterocycles. The van der Waals surface area contributed by atoms with Gasteiger partial charge in [-0.2, -0.15) is 0 Å². The van der Waals surface area contributed by atoms with Gasteiger partial charge in [0.05, 0.1) is 6.10 Å². The summed E-state index contributed by atoms with van der Waals surface area (Å²) in [5.74, 6) is 0.237. The molecule has 2 aliphatic rings. The van der Waals surface area contributed by atoms with Crippen molar-refractivity contribution in [1.29, 1.82) is 0 Å². The summed E-state index contributed by atoms with van der Waals surface area (Å²) in [7, 11) is 0. The molecule has 9 nitrogen and oxygen atoms in total. The van der Waals surface area contributed by atoms with Crippen LogP contribution in [-0.2, 0) is 27.5 Å². The van der Waals surface area contributed by atoms with Crippen LogP contribution in [0.5, 0.6) is 0 Å². The summed E-state index contributed by atoms with van der Waals surface area (Å²) >= 11 is 0. The predicted octanol–water partition coefficient (Wildman–Crippen LogP) is 2.06. The molecular weight excluding hydrogens is 558 g/mol. The summed E-state index contributed by atoms with van der Waals surface area (Å²) in [4.78, 5) is 38.6. The maximum absolute atomic E-state index is 12.0. The number of ether oxygens (including phenoxy) is 2. The van der Waals surface area contributed by atoms with Gasteiger partial charge >= 0.3 is 41.7 Å². The summed E-state index contributed by atoms with van der Waals surface area (Å²) < 4.78 is 10.6. The molecule has 2 aromatic rings. The van der Waals surface area contributed by atoms with Gasteiger partial charge in [0.1, 0.15) is 19.0 Å². The zero-order valence-electron chi connectivity index (χ0n) is 26.9. The van der Waals surface area contributed by atoms with E-state index in [1.807, 2.05) is 60.7 Å². The molecule has 4 rings (SSSR count). The average Bonchev–Trinajstić information content (AvgIpc) is 2.97. The topological polar surface area (TPSA) is 117 Å². The maximum atomic E-state index is 12.0. The van der Waals surface area contributed by atoms with Crippen molar-refractivity contribution < 1.29 is 65.1 Å². The van der Waals surface area contributed by atoms with Crippen LogP contribution in [0.2, 0.25) is 0 Å². The molecule has 0 saturated carbocycles. The number of amides is 2. The third-order valence-electron chi connectivity index (χ3n) is 6.67. The fraction of sp³-hybridized carbons (Fsp3) is 0.531. The van der Waals surface area contributed by atoms with Crippen LogP contribution in [0.4, 0.5) is 9.59 Å². The molecule has 3 radical (unpaired) electrons. The smallest absolute Gasteiger partial charge is 1.00 e. The van der Waals surface area contributed by atoms with E-state index >= 15 is 0 Å². The van der Waals surface area contributed by atoms with E-state index in [2.05, 4.69) is 0 Å². The molecule has 2 fully saturated rings. The Morgan fingerprint density at radius 1 is 0.767 bits per heavy atom. The van der Waals surface area contributed by atoms with Crippen LogP contribution in [0.15, 0.2) is 60.7 Å². The first-order valence-corrected chi connectivity index (χ1v) is 14.6. The summed E-state index contributed by atoms with van der Waals surface area (Å²) in [6, 6.07) is 19.3. The van der Waals surface area contributed by atoms with Gasteiger partial charge in [0.2, 0.25) is 0 Å². The quantitative estimate of drug-likeness (QED) is 0.513. The Morgan fingerprint density at radius 3 is 1.74 bits per heavy atom. The first-order valence-electron chi connectivity index (χ1n) is 14.6. The average molecular weight is 606 g/mol. The number of benzene rings is 2. The standard InChI is InChI=1S/C15H21NO3.C15H19NO3.C2H6O.B.Na.H/c2*17-14-8-4-5-10-16(11-9-14)15(18)19-12-13-6-2-1-3-7-13;1-2-3;;;/h1-3,6-7,14,17H,4-5,8-12H2;1-3,6-7H,4-5,8-12H2;3H,2H2,1H3;;;/q;;;;+1;-1. The van der Waals surface area contributed by atoms with Gasteiger partial charge in [0, 0.05) is 54.0 Å². The third-order valence-corrected chi connectivity index (χ3v) is 6.67. The van der Waals surface area contributed by atoms with Crippen LogP contribution in [0.1, 0.15) is 70.8 Å². The van der Waals surface area contributed by atoms with E-state index in [4.69, 9.17) is 14.6 Å². The Hall–Kier alpha value is -2.37. The molecule has 1 unspecified atom stereocenters. The first kappa shape index (κ1) is 40.6. The third kappa shape index (κ3) is 18.1. The van der Waals surface area contributed by atoms with E-state index in [-0.39, 0.29) is 76.7 Å². The molecule has 2 heterocycles. The summed E-state index contributed by atoms with van der Waals surface area (Å²) in [6.07, 6.45) is 5.30. The monoisotopic (exact) mass is 605 g/mol. The van der Waals surface area contributed by atoms with Gasteiger partial charge < -0.3 is 30.9 Å². The van der Waals surface area contributed by atoms with Crippen LogP contribution in [0, 0.1) is 0 Å². The van der Waals surface area contributed by atoms with Crippen molar-refractivity contribution in [2.75, 3.05) is 32.8 Å². The molecule has 2 saturated heterocycles. The van der Waals surface area contributed by atoms with Crippen LogP contribution >= 0.6 is 0 Å². The first-order chi connectivity index (χ1) is 19.9. The van der Waals surface area contributed by atoms with Crippen molar-refractivity contribution in [3.05, 3.63) is 71.8 Å². The minimum atomic E-state index is -0.321. The van der Waals surface area contributed by atoms with Gasteiger partial charge in [-0.05, 0) is 56.6 Å². The number of aliphatic hydroxyl groups excluding tert-OH is 2. The van der Waals surface area contributed by atoms with E-state index < -0.39 is 0 Å². The Balaban J connectivity index is 0. The zero-order chi connectivity index (χ0) is 29.7. The van der Waals surface area contributed by atoms with Gasteiger partial charge in [-0.1, -0.05) is 60.7 Å². The van der Waals surface area contributed by atoms with Crippen LogP contribution in [0.25, 0.3) is 0 Å². The van der Waals surface area contributed by atoms with Crippen LogP contribution in [-0.4, -0.2) is 85.3 Å². The predicted molar refractivity (Wildman–Crippen MR) is 164 cm³/mol. The molecule has 1 atom stereocenters. The Kier molecular flexibility index (Phi) is 23.6. The molecule has 0 spiro atoms. The number of carbonyl (C=O) groups is 3. The number of aliphatic hydroxyl groups is 2. The van der Waals surface area contributed by atoms with Crippen molar-refractivity contribution in [3.8, 4) is 0 Å². The van der Waals surface area contributed by atoms with Crippen LogP contribution in [0.3, 0.4) is 0 Å². The van der Waals surface area contributed by atoms with E-state index in [0.29, 0.717) is 45.5 Å². The van der Waals surface area contributed by atoms with Gasteiger partial charge in [0.25, 0.3) is 0 Å². The van der Waals surface area contributed by atoms with Gasteiger partial charge in [-0.3, -0.25) is 4.79 Å². The Morgan fingerprint density at radius 2 is 1.23 bits per heavy atom. The van der Waals surface area contributed by atoms with Crippen molar-refractivity contribution in [2.24, 2.45) is 0 Å². The fourth-order valence-electron chi connectivity index (χ4n) is 4.35. The van der Waals surface area contributed by atoms with E-state index in [1.165, 1.54) is 0 Å². The van der Waals surface area contributed by atoms with Gasteiger partial charge in [-0.15, -0.1) is 0 Å². The van der Waals surface area contributed by atoms with Crippen molar-refractivity contribution in [3.63, 3.8) is 0 Å². The Labute approximate surface area is 282 Å². The summed E-state index contributed by atoms with van der Waals surface area (Å²) in [5, 5.41) is 17.2. The molecule has 0 aromatic heterocycles. The minimum Gasteiger partial charge on any atom is -1.00 e. The SMILES string of the molecule is CCO.O=C(OCc1ccccc1)N1CCCCC(O)CC1.O=C1CCCCN(C(=O)OCc2ccccc2)CC1.[B].[H-].[Na+]. The number of hydrogen-bond donors (Lipinski definition) is 2.